The molecule has 0 saturated heterocycles. The van der Waals surface area contributed by atoms with Crippen molar-refractivity contribution < 1.29 is 14.7 Å². The number of carboxylic acids is 1. The van der Waals surface area contributed by atoms with Crippen molar-refractivity contribution in [2.45, 2.75) is 25.7 Å². The molecule has 1 amide bonds. The number of nitrogens with one attached hydrogen (secondary N) is 1. The Morgan fingerprint density at radius 2 is 1.95 bits per heavy atom. The first-order valence-corrected chi connectivity index (χ1v) is 6.65. The van der Waals surface area contributed by atoms with Gasteiger partial charge in [0.25, 0.3) is 0 Å². The van der Waals surface area contributed by atoms with Crippen LogP contribution in [0.15, 0.2) is 24.3 Å². The average Bonchev–Trinajstić information content (AvgIpc) is 2.47. The Morgan fingerprint density at radius 3 is 2.60 bits per heavy atom. The van der Waals surface area contributed by atoms with Crippen molar-refractivity contribution in [3.05, 3.63) is 29.8 Å². The molecule has 1 saturated carbocycles. The Kier molecular flexibility index (Phi) is 4.36. The summed E-state index contributed by atoms with van der Waals surface area (Å²) in [5.41, 5.74) is 0.991. The van der Waals surface area contributed by atoms with Crippen molar-refractivity contribution in [1.82, 2.24) is 0 Å². The summed E-state index contributed by atoms with van der Waals surface area (Å²) < 4.78 is 0. The van der Waals surface area contributed by atoms with Crippen molar-refractivity contribution in [1.29, 1.82) is 5.26 Å². The number of anilines is 1. The summed E-state index contributed by atoms with van der Waals surface area (Å²) in [6.45, 7) is 0. The lowest BCUT2D eigenvalue weighted by Gasteiger charge is -2.27. The van der Waals surface area contributed by atoms with E-state index in [1.165, 1.54) is 0 Å². The van der Waals surface area contributed by atoms with E-state index >= 15 is 0 Å². The van der Waals surface area contributed by atoms with Crippen molar-refractivity contribution >= 4 is 17.6 Å². The van der Waals surface area contributed by atoms with E-state index in [1.54, 1.807) is 24.3 Å². The van der Waals surface area contributed by atoms with Gasteiger partial charge in [-0.15, -0.1) is 0 Å². The molecule has 2 N–H and O–H groups in total. The summed E-state index contributed by atoms with van der Waals surface area (Å²) in [6, 6.07) is 8.61. The molecule has 2 atom stereocenters. The SMILES string of the molecule is N#Cc1cccc(NC(=O)[C@H]2CCCC[C@H]2C(=O)O)c1. The standard InChI is InChI=1S/C15H16N2O3/c16-9-10-4-3-5-11(8-10)17-14(18)12-6-1-2-7-13(12)15(19)20/h3-5,8,12-13H,1-2,6-7H2,(H,17,18)(H,19,20)/t12-,13+/m0/s1. The lowest BCUT2D eigenvalue weighted by atomic mass is 9.78. The van der Waals surface area contributed by atoms with E-state index in [-0.39, 0.29) is 5.91 Å². The Labute approximate surface area is 117 Å². The molecular formula is C15H16N2O3. The first-order chi connectivity index (χ1) is 9.61. The van der Waals surface area contributed by atoms with Crippen LogP contribution in [0.1, 0.15) is 31.2 Å². The molecule has 0 unspecified atom stereocenters. The van der Waals surface area contributed by atoms with Crippen LogP contribution in [-0.2, 0) is 9.59 Å². The fraction of sp³-hybridized carbons (Fsp3) is 0.400. The number of benzene rings is 1. The molecule has 1 aromatic rings. The van der Waals surface area contributed by atoms with Crippen LogP contribution < -0.4 is 5.32 Å². The summed E-state index contributed by atoms with van der Waals surface area (Å²) in [5, 5.41) is 20.7. The van der Waals surface area contributed by atoms with E-state index < -0.39 is 17.8 Å². The van der Waals surface area contributed by atoms with E-state index in [4.69, 9.17) is 5.26 Å². The number of aliphatic carboxylic acids is 1. The van der Waals surface area contributed by atoms with Crippen LogP contribution in [0.2, 0.25) is 0 Å². The van der Waals surface area contributed by atoms with Crippen LogP contribution in [-0.4, -0.2) is 17.0 Å². The van der Waals surface area contributed by atoms with Gasteiger partial charge in [0.1, 0.15) is 0 Å². The smallest absolute Gasteiger partial charge is 0.307 e. The van der Waals surface area contributed by atoms with Gasteiger partial charge in [0, 0.05) is 5.69 Å². The molecule has 1 aromatic carbocycles. The lowest BCUT2D eigenvalue weighted by Crippen LogP contribution is -2.36. The van der Waals surface area contributed by atoms with Crippen LogP contribution in [0.4, 0.5) is 5.69 Å². The first kappa shape index (κ1) is 14.1. The third-order valence-corrected chi connectivity index (χ3v) is 3.68. The normalized spacial score (nSPS) is 21.8. The number of amides is 1. The Morgan fingerprint density at radius 1 is 1.25 bits per heavy atom. The lowest BCUT2D eigenvalue weighted by molar-refractivity contribution is -0.147. The Bertz CT molecular complexity index is 562. The molecule has 0 aromatic heterocycles. The minimum atomic E-state index is -0.907. The topological polar surface area (TPSA) is 90.2 Å². The molecule has 0 bridgehead atoms. The number of hydrogen-bond donors (Lipinski definition) is 2. The van der Waals surface area contributed by atoms with Gasteiger partial charge in [-0.1, -0.05) is 18.9 Å². The Hall–Kier alpha value is -2.35. The number of carbonyl (C=O) groups excluding carboxylic acids is 1. The van der Waals surface area contributed by atoms with Crippen LogP contribution in [0.3, 0.4) is 0 Å². The highest BCUT2D eigenvalue weighted by Gasteiger charge is 2.35. The van der Waals surface area contributed by atoms with Gasteiger partial charge in [-0.05, 0) is 31.0 Å². The summed E-state index contributed by atoms with van der Waals surface area (Å²) >= 11 is 0. The maximum atomic E-state index is 12.2. The predicted octanol–water partition coefficient (Wildman–Crippen LogP) is 2.39. The monoisotopic (exact) mass is 272 g/mol. The summed E-state index contributed by atoms with van der Waals surface area (Å²) in [7, 11) is 0. The zero-order valence-corrected chi connectivity index (χ0v) is 11.0. The minimum Gasteiger partial charge on any atom is -0.481 e. The van der Waals surface area contributed by atoms with Crippen LogP contribution in [0.25, 0.3) is 0 Å². The molecule has 104 valence electrons. The molecule has 1 aliphatic carbocycles. The highest BCUT2D eigenvalue weighted by atomic mass is 16.4. The van der Waals surface area contributed by atoms with E-state index in [0.29, 0.717) is 24.1 Å². The van der Waals surface area contributed by atoms with E-state index in [9.17, 15) is 14.7 Å². The Balaban J connectivity index is 2.10. The van der Waals surface area contributed by atoms with Gasteiger partial charge in [0.05, 0.1) is 23.5 Å². The van der Waals surface area contributed by atoms with Crippen LogP contribution in [0, 0.1) is 23.2 Å². The largest absolute Gasteiger partial charge is 0.481 e. The predicted molar refractivity (Wildman–Crippen MR) is 72.9 cm³/mol. The highest BCUT2D eigenvalue weighted by Crippen LogP contribution is 2.31. The molecule has 0 radical (unpaired) electrons. The van der Waals surface area contributed by atoms with Gasteiger partial charge in [-0.3, -0.25) is 9.59 Å². The average molecular weight is 272 g/mol. The summed E-state index contributed by atoms with van der Waals surface area (Å²) in [6.07, 6.45) is 2.87. The zero-order valence-electron chi connectivity index (χ0n) is 11.0. The maximum Gasteiger partial charge on any atom is 0.307 e. The molecule has 0 heterocycles. The van der Waals surface area contributed by atoms with Crippen molar-refractivity contribution in [3.63, 3.8) is 0 Å². The third-order valence-electron chi connectivity index (χ3n) is 3.68. The summed E-state index contributed by atoms with van der Waals surface area (Å²) in [4.78, 5) is 23.4. The maximum absolute atomic E-state index is 12.2. The van der Waals surface area contributed by atoms with Gasteiger partial charge < -0.3 is 10.4 Å². The van der Waals surface area contributed by atoms with E-state index in [0.717, 1.165) is 12.8 Å². The number of hydrogen-bond acceptors (Lipinski definition) is 3. The van der Waals surface area contributed by atoms with Gasteiger partial charge in [0.2, 0.25) is 5.91 Å². The van der Waals surface area contributed by atoms with Crippen molar-refractivity contribution in [2.75, 3.05) is 5.32 Å². The number of carboxylic acid groups (broad SMARTS) is 1. The second-order valence-corrected chi connectivity index (χ2v) is 5.02. The van der Waals surface area contributed by atoms with Gasteiger partial charge in [0.15, 0.2) is 0 Å². The second-order valence-electron chi connectivity index (χ2n) is 5.02. The molecule has 2 rings (SSSR count). The highest BCUT2D eigenvalue weighted by molar-refractivity contribution is 5.95. The molecule has 1 fully saturated rings. The van der Waals surface area contributed by atoms with Crippen LogP contribution >= 0.6 is 0 Å². The summed E-state index contributed by atoms with van der Waals surface area (Å²) in [5.74, 6) is -2.28. The number of rotatable bonds is 3. The van der Waals surface area contributed by atoms with Crippen molar-refractivity contribution in [2.24, 2.45) is 11.8 Å². The molecule has 20 heavy (non-hydrogen) atoms. The van der Waals surface area contributed by atoms with Crippen LogP contribution in [0.5, 0.6) is 0 Å². The number of nitrogens with zero attached hydrogens (tertiary/aromatic N) is 1. The molecule has 5 heteroatoms. The number of carbonyl (C=O) groups is 2. The van der Waals surface area contributed by atoms with Gasteiger partial charge in [-0.25, -0.2) is 0 Å². The van der Waals surface area contributed by atoms with Gasteiger partial charge >= 0.3 is 5.97 Å². The quantitative estimate of drug-likeness (QED) is 0.884. The molecule has 1 aliphatic rings. The molecular weight excluding hydrogens is 256 g/mol. The minimum absolute atomic E-state index is 0.271. The van der Waals surface area contributed by atoms with Gasteiger partial charge in [-0.2, -0.15) is 5.26 Å². The van der Waals surface area contributed by atoms with E-state index in [2.05, 4.69) is 5.32 Å². The fourth-order valence-corrected chi connectivity index (χ4v) is 2.64. The first-order valence-electron chi connectivity index (χ1n) is 6.65. The fourth-order valence-electron chi connectivity index (χ4n) is 2.64. The molecule has 0 aliphatic heterocycles. The molecule has 0 spiro atoms. The zero-order chi connectivity index (χ0) is 14.5. The van der Waals surface area contributed by atoms with Crippen molar-refractivity contribution in [3.8, 4) is 6.07 Å². The van der Waals surface area contributed by atoms with E-state index in [1.807, 2.05) is 6.07 Å². The number of nitriles is 1. The second kappa shape index (κ2) is 6.20. The third kappa shape index (κ3) is 3.15. The molecule has 5 nitrogen and oxygen atoms in total.